The Balaban J connectivity index is 2.80. The monoisotopic (exact) mass is 146 g/mol. The standard InChI is InChI=1S/C10H10O/c1-8-4-2-5-9-6-3-7-11-10(8)9/h1-2,4-5H,3,6-7H2. The highest BCUT2D eigenvalue weighted by atomic mass is 16.4. The maximum Gasteiger partial charge on any atom is 0.248 e. The predicted octanol–water partition coefficient (Wildman–Crippen LogP) is 0.535. The summed E-state index contributed by atoms with van der Waals surface area (Å²) in [6, 6.07) is 5.93. The second-order valence-electron chi connectivity index (χ2n) is 2.79. The Bertz CT molecular complexity index is 365. The Kier molecular flexibility index (Phi) is 1.50. The van der Waals surface area contributed by atoms with E-state index < -0.39 is 0 Å². The van der Waals surface area contributed by atoms with E-state index in [-0.39, 0.29) is 0 Å². The van der Waals surface area contributed by atoms with E-state index in [1.165, 1.54) is 5.56 Å². The molecule has 1 heterocycles. The fraction of sp³-hybridized carbons (Fsp3) is 0.300. The summed E-state index contributed by atoms with van der Waals surface area (Å²) in [6.07, 6.45) is 2.21. The lowest BCUT2D eigenvalue weighted by molar-refractivity contribution is 0.833. The highest BCUT2D eigenvalue weighted by Crippen LogP contribution is 1.99. The van der Waals surface area contributed by atoms with Crippen molar-refractivity contribution >= 4 is 6.58 Å². The molecule has 0 amide bonds. The van der Waals surface area contributed by atoms with E-state index in [0.717, 1.165) is 30.1 Å². The largest absolute Gasteiger partial charge is 0.313 e. The molecule has 0 radical (unpaired) electrons. The molecule has 0 unspecified atom stereocenters. The smallest absolute Gasteiger partial charge is 0.248 e. The van der Waals surface area contributed by atoms with Crippen LogP contribution in [0.4, 0.5) is 0 Å². The molecule has 2 rings (SSSR count). The van der Waals surface area contributed by atoms with Crippen LogP contribution in [0.25, 0.3) is 6.58 Å². The molecule has 1 aromatic rings. The van der Waals surface area contributed by atoms with Crippen molar-refractivity contribution in [2.24, 2.45) is 0 Å². The Morgan fingerprint density at radius 1 is 1.36 bits per heavy atom. The van der Waals surface area contributed by atoms with E-state index in [1.807, 2.05) is 12.1 Å². The van der Waals surface area contributed by atoms with Crippen LogP contribution in [0, 0.1) is 0 Å². The summed E-state index contributed by atoms with van der Waals surface area (Å²) < 4.78 is 5.43. The summed E-state index contributed by atoms with van der Waals surface area (Å²) >= 11 is 0. The van der Waals surface area contributed by atoms with Gasteiger partial charge in [-0.3, -0.25) is 0 Å². The SMILES string of the molecule is [CH-]=c1cccc2c1=[O+]CCC2. The molecule has 0 saturated heterocycles. The molecule has 1 nitrogen and oxygen atoms in total. The van der Waals surface area contributed by atoms with E-state index in [4.69, 9.17) is 11.0 Å². The van der Waals surface area contributed by atoms with Gasteiger partial charge in [0.05, 0.1) is 0 Å². The molecule has 0 saturated carbocycles. The molecule has 0 aromatic heterocycles. The van der Waals surface area contributed by atoms with Gasteiger partial charge in [-0.2, -0.15) is 6.07 Å². The summed E-state index contributed by atoms with van der Waals surface area (Å²) in [6.45, 7) is 6.52. The van der Waals surface area contributed by atoms with E-state index in [9.17, 15) is 0 Å². The van der Waals surface area contributed by atoms with Crippen molar-refractivity contribution in [2.75, 3.05) is 6.61 Å². The van der Waals surface area contributed by atoms with Crippen LogP contribution >= 0.6 is 0 Å². The topological polar surface area (TPSA) is 11.3 Å². The zero-order chi connectivity index (χ0) is 7.68. The lowest BCUT2D eigenvalue weighted by atomic mass is 10.1. The van der Waals surface area contributed by atoms with Gasteiger partial charge in [0.1, 0.15) is 0 Å². The molecule has 0 N–H and O–H groups in total. The lowest BCUT2D eigenvalue weighted by Gasteiger charge is -2.02. The third-order valence-corrected chi connectivity index (χ3v) is 1.96. The Morgan fingerprint density at radius 2 is 2.27 bits per heavy atom. The first kappa shape index (κ1) is 6.59. The molecule has 1 aromatic carbocycles. The predicted molar refractivity (Wildman–Crippen MR) is 45.6 cm³/mol. The average molecular weight is 146 g/mol. The summed E-state index contributed by atoms with van der Waals surface area (Å²) in [4.78, 5) is 0. The van der Waals surface area contributed by atoms with Crippen LogP contribution in [0.5, 0.6) is 0 Å². The molecule has 1 aliphatic heterocycles. The lowest BCUT2D eigenvalue weighted by Crippen LogP contribution is -2.30. The Labute approximate surface area is 65.7 Å². The van der Waals surface area contributed by atoms with Gasteiger partial charge in [0.15, 0.2) is 0 Å². The van der Waals surface area contributed by atoms with Crippen molar-refractivity contribution in [3.8, 4) is 0 Å². The molecule has 1 heteroatoms. The van der Waals surface area contributed by atoms with E-state index in [0.29, 0.717) is 0 Å². The number of benzene rings is 1. The maximum atomic E-state index is 5.72. The third-order valence-electron chi connectivity index (χ3n) is 1.96. The van der Waals surface area contributed by atoms with Gasteiger partial charge < -0.3 is 4.42 Å². The van der Waals surface area contributed by atoms with Crippen LogP contribution in [0.2, 0.25) is 0 Å². The maximum absolute atomic E-state index is 5.72. The van der Waals surface area contributed by atoms with Gasteiger partial charge >= 0.3 is 0 Å². The molecule has 0 spiro atoms. The van der Waals surface area contributed by atoms with Crippen molar-refractivity contribution in [2.45, 2.75) is 12.8 Å². The van der Waals surface area contributed by atoms with Crippen LogP contribution in [-0.2, 0) is 6.42 Å². The summed E-state index contributed by atoms with van der Waals surface area (Å²) in [5.74, 6) is 0. The summed E-state index contributed by atoms with van der Waals surface area (Å²) in [5, 5.41) is 0.766. The van der Waals surface area contributed by atoms with Gasteiger partial charge in [-0.25, -0.2) is 6.58 Å². The first-order chi connectivity index (χ1) is 5.38. The van der Waals surface area contributed by atoms with Gasteiger partial charge in [0.25, 0.3) is 0 Å². The first-order valence-corrected chi connectivity index (χ1v) is 3.88. The van der Waals surface area contributed by atoms with Gasteiger partial charge in [0, 0.05) is 6.42 Å². The van der Waals surface area contributed by atoms with Crippen LogP contribution in [0.15, 0.2) is 22.6 Å². The fourth-order valence-electron chi connectivity index (χ4n) is 1.41. The van der Waals surface area contributed by atoms with Crippen molar-refractivity contribution in [1.29, 1.82) is 0 Å². The molecular formula is C10H10O. The third kappa shape index (κ3) is 1.07. The summed E-state index contributed by atoms with van der Waals surface area (Å²) in [7, 11) is 0. The molecule has 0 aliphatic carbocycles. The number of hydrogen-bond donors (Lipinski definition) is 0. The molecule has 0 fully saturated rings. The number of fused-ring (bicyclic) bond motifs is 1. The van der Waals surface area contributed by atoms with Crippen LogP contribution in [0.1, 0.15) is 12.0 Å². The number of hydrogen-bond acceptors (Lipinski definition) is 0. The van der Waals surface area contributed by atoms with Gasteiger partial charge in [0.2, 0.25) is 12.0 Å². The quantitative estimate of drug-likeness (QED) is 0.374. The van der Waals surface area contributed by atoms with Crippen molar-refractivity contribution in [1.82, 2.24) is 0 Å². The van der Waals surface area contributed by atoms with Crippen LogP contribution in [-0.4, -0.2) is 6.61 Å². The Morgan fingerprint density at radius 3 is 3.09 bits per heavy atom. The molecule has 0 atom stereocenters. The van der Waals surface area contributed by atoms with Crippen molar-refractivity contribution in [3.63, 3.8) is 0 Å². The van der Waals surface area contributed by atoms with Gasteiger partial charge in [-0.1, -0.05) is 11.3 Å². The van der Waals surface area contributed by atoms with Crippen LogP contribution < -0.4 is 10.6 Å². The minimum absolute atomic E-state index is 0.766. The fourth-order valence-corrected chi connectivity index (χ4v) is 1.41. The molecule has 56 valence electrons. The molecular weight excluding hydrogens is 136 g/mol. The number of rotatable bonds is 0. The zero-order valence-corrected chi connectivity index (χ0v) is 6.34. The molecule has 1 aliphatic rings. The van der Waals surface area contributed by atoms with E-state index >= 15 is 0 Å². The van der Waals surface area contributed by atoms with Gasteiger partial charge in [-0.15, -0.1) is 6.07 Å². The number of aryl methyl sites for hydroxylation is 1. The average Bonchev–Trinajstić information content (AvgIpc) is 2.06. The van der Waals surface area contributed by atoms with E-state index in [1.54, 1.807) is 0 Å². The number of para-hydroxylation sites is 1. The molecule has 0 bridgehead atoms. The van der Waals surface area contributed by atoms with Crippen molar-refractivity contribution in [3.05, 3.63) is 38.8 Å². The highest BCUT2D eigenvalue weighted by Gasteiger charge is 2.06. The minimum atomic E-state index is 0.766. The first-order valence-electron chi connectivity index (χ1n) is 3.88. The van der Waals surface area contributed by atoms with Gasteiger partial charge in [-0.05, 0) is 12.0 Å². The second kappa shape index (κ2) is 2.50. The van der Waals surface area contributed by atoms with E-state index in [2.05, 4.69) is 6.07 Å². The van der Waals surface area contributed by atoms with Crippen LogP contribution in [0.3, 0.4) is 0 Å². The summed E-state index contributed by atoms with van der Waals surface area (Å²) in [5.41, 5.74) is 2.15. The highest BCUT2D eigenvalue weighted by molar-refractivity contribution is 5.22. The molecule has 11 heavy (non-hydrogen) atoms. The normalized spacial score (nSPS) is 15.3. The Hall–Kier alpha value is -1.11. The minimum Gasteiger partial charge on any atom is -0.313 e. The van der Waals surface area contributed by atoms with Crippen molar-refractivity contribution < 1.29 is 0 Å². The second-order valence-corrected chi connectivity index (χ2v) is 2.79. The zero-order valence-electron chi connectivity index (χ0n) is 6.34.